The van der Waals surface area contributed by atoms with Gasteiger partial charge in [0.2, 0.25) is 21.1 Å². The summed E-state index contributed by atoms with van der Waals surface area (Å²) in [6.45, 7) is 3.74. The fraction of sp³-hybridized carbons (Fsp3) is 0.611. The maximum absolute atomic E-state index is 13.3. The van der Waals surface area contributed by atoms with E-state index in [0.29, 0.717) is 11.2 Å². The Kier molecular flexibility index (Phi) is 6.27. The van der Waals surface area contributed by atoms with Crippen LogP contribution in [0, 0.1) is 13.8 Å². The summed E-state index contributed by atoms with van der Waals surface area (Å²) < 4.78 is 39.7. The van der Waals surface area contributed by atoms with Gasteiger partial charge in [0.1, 0.15) is 22.0 Å². The first kappa shape index (κ1) is 22.7. The summed E-state index contributed by atoms with van der Waals surface area (Å²) in [4.78, 5) is 26.2. The number of nitrogens with zero attached hydrogens (tertiary/aromatic N) is 6. The maximum Gasteiger partial charge on any atom is 0.342 e. The third-order valence-electron chi connectivity index (χ3n) is 5.46. The van der Waals surface area contributed by atoms with Gasteiger partial charge in [0.15, 0.2) is 0 Å². The minimum absolute atomic E-state index is 0.0895. The van der Waals surface area contributed by atoms with Gasteiger partial charge in [-0.05, 0) is 37.1 Å². The van der Waals surface area contributed by atoms with Crippen LogP contribution < -0.4 is 0 Å². The van der Waals surface area contributed by atoms with Gasteiger partial charge < -0.3 is 14.1 Å². The van der Waals surface area contributed by atoms with Crippen molar-refractivity contribution < 1.29 is 27.2 Å². The number of carbonyl (C=O) groups is 2. The van der Waals surface area contributed by atoms with E-state index in [1.54, 1.807) is 9.58 Å². The van der Waals surface area contributed by atoms with Crippen molar-refractivity contribution in [1.29, 1.82) is 0 Å². The second kappa shape index (κ2) is 8.83. The Hall–Kier alpha value is -2.45. The highest BCUT2D eigenvalue weighted by Crippen LogP contribution is 2.36. The number of sulfonamides is 1. The lowest BCUT2D eigenvalue weighted by molar-refractivity contribution is -0.129. The zero-order chi connectivity index (χ0) is 23.0. The number of amides is 1. The quantitative estimate of drug-likeness (QED) is 0.406. The molecule has 14 heteroatoms. The predicted octanol–water partition coefficient (Wildman–Crippen LogP) is 0.630. The zero-order valence-corrected chi connectivity index (χ0v) is 19.6. The molecule has 1 amide bonds. The van der Waals surface area contributed by atoms with Crippen LogP contribution in [0.1, 0.15) is 40.8 Å². The molecule has 3 heterocycles. The lowest BCUT2D eigenvalue weighted by Gasteiger charge is -2.34. The van der Waals surface area contributed by atoms with Crippen LogP contribution in [0.25, 0.3) is 0 Å². The van der Waals surface area contributed by atoms with E-state index in [2.05, 4.69) is 15.5 Å². The lowest BCUT2D eigenvalue weighted by atomic mass is 10.2. The number of thioether (sulfide) groups is 1. The van der Waals surface area contributed by atoms with Crippen LogP contribution >= 0.6 is 11.8 Å². The van der Waals surface area contributed by atoms with Gasteiger partial charge in [0, 0.05) is 26.2 Å². The second-order valence-electron chi connectivity index (χ2n) is 7.62. The molecule has 1 aliphatic carbocycles. The lowest BCUT2D eigenvalue weighted by Crippen LogP contribution is -2.51. The zero-order valence-electron chi connectivity index (χ0n) is 18.0. The molecule has 0 spiro atoms. The third-order valence-corrected chi connectivity index (χ3v) is 8.43. The molecule has 2 aromatic rings. The molecule has 2 aromatic heterocycles. The molecule has 2 fully saturated rings. The van der Waals surface area contributed by atoms with Gasteiger partial charge in [-0.15, -0.1) is 5.10 Å². The number of carbonyl (C=O) groups excluding carboxylic acids is 2. The van der Waals surface area contributed by atoms with Crippen molar-refractivity contribution >= 4 is 33.7 Å². The number of tetrazole rings is 1. The molecular formula is C18H24N6O6S2. The number of aryl methyl sites for hydroxylation is 2. The summed E-state index contributed by atoms with van der Waals surface area (Å²) in [6, 6.07) is 0.321. The first-order valence-corrected chi connectivity index (χ1v) is 12.5. The monoisotopic (exact) mass is 484 g/mol. The highest BCUT2D eigenvalue weighted by molar-refractivity contribution is 7.99. The van der Waals surface area contributed by atoms with Crippen LogP contribution in [0.2, 0.25) is 0 Å². The molecule has 0 aromatic carbocycles. The molecule has 0 N–H and O–H groups in total. The van der Waals surface area contributed by atoms with E-state index in [1.807, 2.05) is 0 Å². The van der Waals surface area contributed by atoms with Crippen LogP contribution in [0.4, 0.5) is 0 Å². The Morgan fingerprint density at radius 3 is 2.47 bits per heavy atom. The normalized spacial score (nSPS) is 17.5. The second-order valence-corrected chi connectivity index (χ2v) is 10.4. The minimum Gasteiger partial charge on any atom is -0.465 e. The molecule has 0 radical (unpaired) electrons. The van der Waals surface area contributed by atoms with Gasteiger partial charge in [-0.2, -0.15) is 4.31 Å². The van der Waals surface area contributed by atoms with Gasteiger partial charge in [-0.25, -0.2) is 17.9 Å². The number of furan rings is 1. The number of aromatic nitrogens is 4. The van der Waals surface area contributed by atoms with Gasteiger partial charge in [-0.3, -0.25) is 4.79 Å². The van der Waals surface area contributed by atoms with Crippen LogP contribution in [0.3, 0.4) is 0 Å². The molecular weight excluding hydrogens is 460 g/mol. The van der Waals surface area contributed by atoms with Crippen molar-refractivity contribution in [1.82, 2.24) is 29.4 Å². The third kappa shape index (κ3) is 4.26. The molecule has 0 atom stereocenters. The van der Waals surface area contributed by atoms with E-state index in [1.165, 1.54) is 37.0 Å². The highest BCUT2D eigenvalue weighted by atomic mass is 32.2. The highest BCUT2D eigenvalue weighted by Gasteiger charge is 2.37. The van der Waals surface area contributed by atoms with Crippen molar-refractivity contribution in [3.05, 3.63) is 17.1 Å². The maximum atomic E-state index is 13.3. The van der Waals surface area contributed by atoms with Crippen molar-refractivity contribution in [2.24, 2.45) is 0 Å². The van der Waals surface area contributed by atoms with E-state index >= 15 is 0 Å². The molecule has 0 unspecified atom stereocenters. The van der Waals surface area contributed by atoms with E-state index in [0.717, 1.165) is 12.8 Å². The van der Waals surface area contributed by atoms with Gasteiger partial charge in [0.05, 0.1) is 18.9 Å². The molecule has 2 aliphatic rings. The van der Waals surface area contributed by atoms with Crippen molar-refractivity contribution in [2.75, 3.05) is 39.0 Å². The summed E-state index contributed by atoms with van der Waals surface area (Å²) in [7, 11) is -2.81. The van der Waals surface area contributed by atoms with Gasteiger partial charge in [-0.1, -0.05) is 11.8 Å². The molecule has 1 saturated carbocycles. The molecule has 174 valence electrons. The van der Waals surface area contributed by atoms with Crippen LogP contribution in [0.5, 0.6) is 0 Å². The van der Waals surface area contributed by atoms with Crippen molar-refractivity contribution in [3.63, 3.8) is 0 Å². The molecule has 0 bridgehead atoms. The Bertz CT molecular complexity index is 1130. The van der Waals surface area contributed by atoms with Gasteiger partial charge in [0.25, 0.3) is 0 Å². The van der Waals surface area contributed by atoms with Crippen LogP contribution in [-0.4, -0.2) is 88.7 Å². The topological polar surface area (TPSA) is 141 Å². The number of methoxy groups -OCH3 is 1. The standard InChI is InChI=1S/C18H24N6O6S2/c1-11-15(17(26)29-3)16(12(2)30-11)32(27,28)23-8-6-22(7-9-23)14(25)10-31-18-19-20-21-24(18)13-4-5-13/h13H,4-10H2,1-3H3. The first-order chi connectivity index (χ1) is 15.2. The molecule has 1 saturated heterocycles. The average molecular weight is 485 g/mol. The van der Waals surface area contributed by atoms with Crippen molar-refractivity contribution in [3.8, 4) is 0 Å². The summed E-state index contributed by atoms with van der Waals surface area (Å²) in [5.41, 5.74) is -0.0895. The minimum atomic E-state index is -4.00. The molecule has 12 nitrogen and oxygen atoms in total. The molecule has 4 rings (SSSR count). The van der Waals surface area contributed by atoms with E-state index in [-0.39, 0.29) is 59.8 Å². The number of piperazine rings is 1. The van der Waals surface area contributed by atoms with E-state index < -0.39 is 16.0 Å². The number of hydrogen-bond acceptors (Lipinski definition) is 10. The largest absolute Gasteiger partial charge is 0.465 e. The Balaban J connectivity index is 1.39. The molecule has 32 heavy (non-hydrogen) atoms. The van der Waals surface area contributed by atoms with Crippen LogP contribution in [0.15, 0.2) is 14.5 Å². The van der Waals surface area contributed by atoms with E-state index in [9.17, 15) is 18.0 Å². The number of hydrogen-bond donors (Lipinski definition) is 0. The molecule has 1 aliphatic heterocycles. The number of rotatable bonds is 7. The fourth-order valence-corrected chi connectivity index (χ4v) is 6.30. The predicted molar refractivity (Wildman–Crippen MR) is 112 cm³/mol. The summed E-state index contributed by atoms with van der Waals surface area (Å²) in [5.74, 6) is -0.384. The van der Waals surface area contributed by atoms with Gasteiger partial charge >= 0.3 is 5.97 Å². The average Bonchev–Trinajstić information content (AvgIpc) is 3.43. The number of esters is 1. The Morgan fingerprint density at radius 1 is 1.16 bits per heavy atom. The summed E-state index contributed by atoms with van der Waals surface area (Å²) >= 11 is 1.28. The van der Waals surface area contributed by atoms with Crippen LogP contribution in [-0.2, 0) is 19.6 Å². The van der Waals surface area contributed by atoms with Crippen molar-refractivity contribution in [2.45, 2.75) is 42.8 Å². The van der Waals surface area contributed by atoms with E-state index in [4.69, 9.17) is 9.15 Å². The Labute approximate surface area is 189 Å². The fourth-order valence-electron chi connectivity index (χ4n) is 3.67. The number of ether oxygens (including phenoxy) is 1. The first-order valence-electron chi connectivity index (χ1n) is 10.1. The smallest absolute Gasteiger partial charge is 0.342 e. The summed E-state index contributed by atoms with van der Waals surface area (Å²) in [5, 5.41) is 12.2. The SMILES string of the molecule is COC(=O)c1c(C)oc(C)c1S(=O)(=O)N1CCN(C(=O)CSc2nnnn2C2CC2)CC1. The summed E-state index contributed by atoms with van der Waals surface area (Å²) in [6.07, 6.45) is 2.08. The Morgan fingerprint density at radius 2 is 1.84 bits per heavy atom.